The molecule has 0 bridgehead atoms. The molecular formula is C8H17ClN2O3S. The van der Waals surface area contributed by atoms with Crippen LogP contribution >= 0.6 is 11.6 Å². The molecule has 2 atom stereocenters. The van der Waals surface area contributed by atoms with Crippen LogP contribution in [-0.4, -0.2) is 66.8 Å². The second-order valence-electron chi connectivity index (χ2n) is 3.81. The van der Waals surface area contributed by atoms with Crippen molar-refractivity contribution in [1.82, 2.24) is 9.21 Å². The second kappa shape index (κ2) is 4.97. The van der Waals surface area contributed by atoms with E-state index in [1.54, 1.807) is 6.92 Å². The summed E-state index contributed by atoms with van der Waals surface area (Å²) in [4.78, 5) is 1.88. The second-order valence-corrected chi connectivity index (χ2v) is 6.24. The van der Waals surface area contributed by atoms with E-state index in [2.05, 4.69) is 0 Å². The van der Waals surface area contributed by atoms with Crippen molar-refractivity contribution in [2.45, 2.75) is 18.5 Å². The SMILES string of the molecule is CC(O)C(Cl)N1CCN(S(C)(=O)=O)CC1. The number of alkyl halides is 1. The van der Waals surface area contributed by atoms with Gasteiger partial charge in [0.15, 0.2) is 0 Å². The maximum Gasteiger partial charge on any atom is 0.211 e. The first-order valence-electron chi connectivity index (χ1n) is 4.83. The van der Waals surface area contributed by atoms with E-state index in [1.807, 2.05) is 4.90 Å². The Kier molecular flexibility index (Phi) is 4.37. The van der Waals surface area contributed by atoms with Gasteiger partial charge in [-0.1, -0.05) is 0 Å². The van der Waals surface area contributed by atoms with Crippen LogP contribution in [0.2, 0.25) is 0 Å². The molecule has 1 aliphatic heterocycles. The van der Waals surface area contributed by atoms with E-state index in [0.29, 0.717) is 26.2 Å². The van der Waals surface area contributed by atoms with Crippen molar-refractivity contribution in [3.63, 3.8) is 0 Å². The lowest BCUT2D eigenvalue weighted by atomic mass is 10.3. The molecule has 1 rings (SSSR count). The summed E-state index contributed by atoms with van der Waals surface area (Å²) in [6.45, 7) is 3.63. The van der Waals surface area contributed by atoms with E-state index in [9.17, 15) is 13.5 Å². The van der Waals surface area contributed by atoms with Crippen LogP contribution in [0.4, 0.5) is 0 Å². The van der Waals surface area contributed by atoms with Gasteiger partial charge in [-0.15, -0.1) is 11.6 Å². The van der Waals surface area contributed by atoms with Crippen LogP contribution in [0.15, 0.2) is 0 Å². The zero-order valence-electron chi connectivity index (χ0n) is 8.93. The number of sulfonamides is 1. The predicted molar refractivity (Wildman–Crippen MR) is 59.3 cm³/mol. The van der Waals surface area contributed by atoms with Gasteiger partial charge in [0.2, 0.25) is 10.0 Å². The Balaban J connectivity index is 2.50. The number of hydrogen-bond acceptors (Lipinski definition) is 4. The van der Waals surface area contributed by atoms with Crippen LogP contribution in [0.1, 0.15) is 6.92 Å². The Hall–Kier alpha value is 0.120. The Morgan fingerprint density at radius 2 is 1.73 bits per heavy atom. The van der Waals surface area contributed by atoms with Crippen LogP contribution in [-0.2, 0) is 10.0 Å². The van der Waals surface area contributed by atoms with Crippen molar-refractivity contribution >= 4 is 21.6 Å². The van der Waals surface area contributed by atoms with Crippen LogP contribution in [0, 0.1) is 0 Å². The number of nitrogens with zero attached hydrogens (tertiary/aromatic N) is 2. The average molecular weight is 257 g/mol. The van der Waals surface area contributed by atoms with Gasteiger partial charge in [0.1, 0.15) is 5.50 Å². The number of aliphatic hydroxyl groups excluding tert-OH is 1. The van der Waals surface area contributed by atoms with Gasteiger partial charge in [0, 0.05) is 26.2 Å². The maximum atomic E-state index is 11.2. The zero-order chi connectivity index (χ0) is 11.6. The van der Waals surface area contributed by atoms with Gasteiger partial charge in [0.25, 0.3) is 0 Å². The lowest BCUT2D eigenvalue weighted by Gasteiger charge is -2.36. The Morgan fingerprint density at radius 1 is 1.27 bits per heavy atom. The Morgan fingerprint density at radius 3 is 2.07 bits per heavy atom. The van der Waals surface area contributed by atoms with Crippen molar-refractivity contribution in [1.29, 1.82) is 0 Å². The van der Waals surface area contributed by atoms with Crippen LogP contribution in [0.25, 0.3) is 0 Å². The molecule has 1 aliphatic rings. The largest absolute Gasteiger partial charge is 0.390 e. The molecule has 1 fully saturated rings. The first kappa shape index (κ1) is 13.2. The predicted octanol–water partition coefficient (Wildman–Crippen LogP) is -0.491. The molecule has 0 aromatic carbocycles. The van der Waals surface area contributed by atoms with Gasteiger partial charge in [-0.25, -0.2) is 8.42 Å². The third kappa shape index (κ3) is 3.57. The number of halogens is 1. The summed E-state index contributed by atoms with van der Waals surface area (Å²) in [7, 11) is -3.09. The summed E-state index contributed by atoms with van der Waals surface area (Å²) in [6, 6.07) is 0. The third-order valence-electron chi connectivity index (χ3n) is 2.49. The Labute approximate surface area is 95.7 Å². The van der Waals surface area contributed by atoms with E-state index in [4.69, 9.17) is 11.6 Å². The first-order chi connectivity index (χ1) is 6.82. The van der Waals surface area contributed by atoms with Crippen molar-refractivity contribution < 1.29 is 13.5 Å². The van der Waals surface area contributed by atoms with E-state index < -0.39 is 21.6 Å². The van der Waals surface area contributed by atoms with Crippen LogP contribution in [0.5, 0.6) is 0 Å². The number of rotatable bonds is 3. The van der Waals surface area contributed by atoms with Crippen LogP contribution in [0.3, 0.4) is 0 Å². The molecule has 0 radical (unpaired) electrons. The summed E-state index contributed by atoms with van der Waals surface area (Å²) in [5.74, 6) is 0. The van der Waals surface area contributed by atoms with Crippen molar-refractivity contribution in [2.75, 3.05) is 32.4 Å². The molecule has 90 valence electrons. The van der Waals surface area contributed by atoms with E-state index in [-0.39, 0.29) is 0 Å². The van der Waals surface area contributed by atoms with Gasteiger partial charge >= 0.3 is 0 Å². The number of hydrogen-bond donors (Lipinski definition) is 1. The molecule has 0 saturated carbocycles. The van der Waals surface area contributed by atoms with Crippen molar-refractivity contribution in [2.24, 2.45) is 0 Å². The van der Waals surface area contributed by atoms with Gasteiger partial charge < -0.3 is 5.11 Å². The minimum Gasteiger partial charge on any atom is -0.390 e. The van der Waals surface area contributed by atoms with Gasteiger partial charge in [-0.05, 0) is 6.92 Å². The number of piperazine rings is 1. The maximum absolute atomic E-state index is 11.2. The van der Waals surface area contributed by atoms with Crippen molar-refractivity contribution in [3.8, 4) is 0 Å². The third-order valence-corrected chi connectivity index (χ3v) is 4.43. The summed E-state index contributed by atoms with van der Waals surface area (Å²) >= 11 is 5.96. The molecule has 7 heteroatoms. The normalized spacial score (nSPS) is 25.1. The summed E-state index contributed by atoms with van der Waals surface area (Å²) in [5.41, 5.74) is -0.438. The molecule has 1 N–H and O–H groups in total. The molecule has 5 nitrogen and oxygen atoms in total. The highest BCUT2D eigenvalue weighted by Crippen LogP contribution is 2.14. The lowest BCUT2D eigenvalue weighted by Crippen LogP contribution is -2.52. The highest BCUT2D eigenvalue weighted by atomic mass is 35.5. The molecule has 2 unspecified atom stereocenters. The first-order valence-corrected chi connectivity index (χ1v) is 7.12. The zero-order valence-corrected chi connectivity index (χ0v) is 10.5. The topological polar surface area (TPSA) is 60.9 Å². The smallest absolute Gasteiger partial charge is 0.211 e. The summed E-state index contributed by atoms with van der Waals surface area (Å²) in [6.07, 6.45) is 0.589. The Bertz CT molecular complexity index is 299. The molecule has 0 aliphatic carbocycles. The molecule has 1 heterocycles. The molecule has 0 amide bonds. The molecular weight excluding hydrogens is 240 g/mol. The highest BCUT2D eigenvalue weighted by molar-refractivity contribution is 7.88. The van der Waals surface area contributed by atoms with Gasteiger partial charge in [-0.2, -0.15) is 4.31 Å². The number of aliphatic hydroxyl groups is 1. The fourth-order valence-corrected chi connectivity index (χ4v) is 2.61. The summed E-state index contributed by atoms with van der Waals surface area (Å²) in [5, 5.41) is 9.29. The fourth-order valence-electron chi connectivity index (χ4n) is 1.59. The molecule has 0 aromatic rings. The lowest BCUT2D eigenvalue weighted by molar-refractivity contribution is 0.0819. The minimum atomic E-state index is -3.09. The van der Waals surface area contributed by atoms with Crippen molar-refractivity contribution in [3.05, 3.63) is 0 Å². The monoisotopic (exact) mass is 256 g/mol. The quantitative estimate of drug-likeness (QED) is 0.547. The minimum absolute atomic E-state index is 0.438. The standard InChI is InChI=1S/C8H17ClN2O3S/c1-7(12)8(9)10-3-5-11(6-4-10)15(2,13)14/h7-8,12H,3-6H2,1-2H3. The average Bonchev–Trinajstić information content (AvgIpc) is 2.15. The summed E-state index contributed by atoms with van der Waals surface area (Å²) < 4.78 is 23.9. The molecule has 0 aromatic heterocycles. The van der Waals surface area contributed by atoms with Gasteiger partial charge in [0.05, 0.1) is 12.4 Å². The van der Waals surface area contributed by atoms with E-state index in [1.165, 1.54) is 10.6 Å². The molecule has 15 heavy (non-hydrogen) atoms. The van der Waals surface area contributed by atoms with Gasteiger partial charge in [-0.3, -0.25) is 4.90 Å². The molecule has 0 spiro atoms. The molecule has 1 saturated heterocycles. The van der Waals surface area contributed by atoms with E-state index in [0.717, 1.165) is 0 Å². The van der Waals surface area contributed by atoms with E-state index >= 15 is 0 Å². The highest BCUT2D eigenvalue weighted by Gasteiger charge is 2.28. The van der Waals surface area contributed by atoms with Crippen LogP contribution < -0.4 is 0 Å². The fraction of sp³-hybridized carbons (Fsp3) is 1.00.